The van der Waals surface area contributed by atoms with E-state index in [1.54, 1.807) is 0 Å². The minimum atomic E-state index is -0.185. The molecule has 0 aromatic heterocycles. The minimum Gasteiger partial charge on any atom is -0.489 e. The van der Waals surface area contributed by atoms with E-state index in [9.17, 15) is 4.79 Å². The van der Waals surface area contributed by atoms with Crippen molar-refractivity contribution in [2.45, 2.75) is 51.8 Å². The maximum atomic E-state index is 12.4. The molecule has 0 radical (unpaired) electrons. The van der Waals surface area contributed by atoms with E-state index in [1.807, 2.05) is 60.7 Å². The Hall–Kier alpha value is -3.31. The van der Waals surface area contributed by atoms with E-state index in [0.29, 0.717) is 6.61 Å². The summed E-state index contributed by atoms with van der Waals surface area (Å²) in [5, 5.41) is 9.47. The van der Waals surface area contributed by atoms with Crippen molar-refractivity contribution < 1.29 is 9.53 Å². The first-order valence-electron chi connectivity index (χ1n) is 11.8. The second kappa shape index (κ2) is 14.0. The van der Waals surface area contributed by atoms with Crippen LogP contribution in [-0.4, -0.2) is 18.7 Å². The van der Waals surface area contributed by atoms with Gasteiger partial charge in [-0.15, -0.1) is 0 Å². The summed E-state index contributed by atoms with van der Waals surface area (Å²) in [6, 6.07) is 27.7. The molecule has 0 aliphatic carbocycles. The van der Waals surface area contributed by atoms with E-state index in [1.165, 1.54) is 5.56 Å². The van der Waals surface area contributed by atoms with Crippen molar-refractivity contribution in [2.75, 3.05) is 11.9 Å². The lowest BCUT2D eigenvalue weighted by Gasteiger charge is -2.21. The van der Waals surface area contributed by atoms with Gasteiger partial charge in [0, 0.05) is 12.2 Å². The summed E-state index contributed by atoms with van der Waals surface area (Å²) in [7, 11) is 0. The number of hydrogen-bond donors (Lipinski definition) is 3. The summed E-state index contributed by atoms with van der Waals surface area (Å²) >= 11 is 0. The highest BCUT2D eigenvalue weighted by atomic mass is 16.5. The number of anilines is 1. The summed E-state index contributed by atoms with van der Waals surface area (Å²) in [5.41, 5.74) is 3.18. The fourth-order valence-electron chi connectivity index (χ4n) is 3.55. The number of benzene rings is 3. The molecule has 33 heavy (non-hydrogen) atoms. The zero-order chi connectivity index (χ0) is 23.1. The number of carbonyl (C=O) groups is 1. The van der Waals surface area contributed by atoms with Crippen molar-refractivity contribution in [3.05, 3.63) is 96.1 Å². The molecule has 0 spiro atoms. The normalized spacial score (nSPS) is 11.5. The van der Waals surface area contributed by atoms with Gasteiger partial charge in [-0.3, -0.25) is 5.32 Å². The number of ether oxygens (including phenoxy) is 1. The lowest BCUT2D eigenvalue weighted by atomic mass is 10.1. The van der Waals surface area contributed by atoms with Gasteiger partial charge in [-0.05, 0) is 48.2 Å². The van der Waals surface area contributed by atoms with E-state index >= 15 is 0 Å². The third kappa shape index (κ3) is 9.38. The van der Waals surface area contributed by atoms with E-state index in [0.717, 1.165) is 55.6 Å². The van der Waals surface area contributed by atoms with Crippen LogP contribution in [0.1, 0.15) is 43.7 Å². The van der Waals surface area contributed by atoms with Crippen LogP contribution in [0.2, 0.25) is 0 Å². The maximum absolute atomic E-state index is 12.4. The van der Waals surface area contributed by atoms with Crippen molar-refractivity contribution in [3.8, 4) is 5.75 Å². The first kappa shape index (κ1) is 24.3. The Kier molecular flexibility index (Phi) is 10.3. The lowest BCUT2D eigenvalue weighted by molar-refractivity contribution is 0.244. The van der Waals surface area contributed by atoms with Crippen molar-refractivity contribution >= 4 is 11.7 Å². The van der Waals surface area contributed by atoms with E-state index in [4.69, 9.17) is 4.74 Å². The zero-order valence-corrected chi connectivity index (χ0v) is 19.4. The van der Waals surface area contributed by atoms with Gasteiger partial charge >= 0.3 is 6.03 Å². The largest absolute Gasteiger partial charge is 0.489 e. The number of amides is 2. The van der Waals surface area contributed by atoms with Gasteiger partial charge in [0.25, 0.3) is 0 Å². The maximum Gasteiger partial charge on any atom is 0.320 e. The number of urea groups is 1. The molecule has 0 saturated heterocycles. The van der Waals surface area contributed by atoms with E-state index in [2.05, 4.69) is 47.1 Å². The molecule has 3 aromatic rings. The predicted octanol–water partition coefficient (Wildman–Crippen LogP) is 6.13. The zero-order valence-electron chi connectivity index (χ0n) is 19.4. The average Bonchev–Trinajstić information content (AvgIpc) is 2.85. The lowest BCUT2D eigenvalue weighted by Crippen LogP contribution is -2.47. The molecule has 5 nitrogen and oxygen atoms in total. The van der Waals surface area contributed by atoms with Gasteiger partial charge in [0.05, 0.1) is 6.17 Å². The standard InChI is InChI=1S/C28H35N3O2/c1-2-3-6-15-27(31-28(32)30-25-13-9-5-10-14-25)29-21-20-23-16-18-26(19-17-23)33-22-24-11-7-4-8-12-24/h4-5,7-14,16-19,27,29H,2-3,6,15,20-22H2,1H3,(H2,30,31,32). The van der Waals surface area contributed by atoms with E-state index in [-0.39, 0.29) is 12.2 Å². The van der Waals surface area contributed by atoms with Crippen LogP contribution < -0.4 is 20.7 Å². The molecule has 0 saturated carbocycles. The molecule has 1 unspecified atom stereocenters. The van der Waals surface area contributed by atoms with Crippen LogP contribution >= 0.6 is 0 Å². The second-order valence-electron chi connectivity index (χ2n) is 8.14. The molecule has 0 aliphatic heterocycles. The smallest absolute Gasteiger partial charge is 0.320 e. The van der Waals surface area contributed by atoms with Gasteiger partial charge in [0.15, 0.2) is 0 Å². The molecule has 174 valence electrons. The Bertz CT molecular complexity index is 930. The third-order valence-corrected chi connectivity index (χ3v) is 5.41. The Labute approximate surface area is 197 Å². The van der Waals surface area contributed by atoms with Crippen molar-refractivity contribution in [2.24, 2.45) is 0 Å². The number of rotatable bonds is 13. The highest BCUT2D eigenvalue weighted by Gasteiger charge is 2.11. The Balaban J connectivity index is 1.43. The monoisotopic (exact) mass is 445 g/mol. The highest BCUT2D eigenvalue weighted by molar-refractivity contribution is 5.89. The quantitative estimate of drug-likeness (QED) is 0.219. The third-order valence-electron chi connectivity index (χ3n) is 5.41. The molecule has 0 aliphatic rings. The first-order chi connectivity index (χ1) is 16.2. The van der Waals surface area contributed by atoms with E-state index < -0.39 is 0 Å². The molecule has 0 bridgehead atoms. The predicted molar refractivity (Wildman–Crippen MR) is 135 cm³/mol. The fourth-order valence-corrected chi connectivity index (χ4v) is 3.55. The number of para-hydroxylation sites is 1. The number of nitrogens with one attached hydrogen (secondary N) is 3. The van der Waals surface area contributed by atoms with Crippen LogP contribution in [-0.2, 0) is 13.0 Å². The molecular formula is C28H35N3O2. The van der Waals surface area contributed by atoms with Crippen molar-refractivity contribution in [1.29, 1.82) is 0 Å². The Morgan fingerprint density at radius 1 is 0.848 bits per heavy atom. The van der Waals surface area contributed by atoms with Crippen LogP contribution in [0.25, 0.3) is 0 Å². The molecule has 3 rings (SSSR count). The Morgan fingerprint density at radius 2 is 1.55 bits per heavy atom. The minimum absolute atomic E-state index is 0.0614. The first-order valence-corrected chi connectivity index (χ1v) is 11.8. The Morgan fingerprint density at radius 3 is 2.24 bits per heavy atom. The topological polar surface area (TPSA) is 62.4 Å². The average molecular weight is 446 g/mol. The molecule has 3 N–H and O–H groups in total. The van der Waals surface area contributed by atoms with Crippen LogP contribution in [0.3, 0.4) is 0 Å². The molecule has 0 heterocycles. The van der Waals surface area contributed by atoms with Crippen LogP contribution in [0, 0.1) is 0 Å². The van der Waals surface area contributed by atoms with Crippen LogP contribution in [0.4, 0.5) is 10.5 Å². The molecule has 3 aromatic carbocycles. The van der Waals surface area contributed by atoms with Gasteiger partial charge < -0.3 is 15.4 Å². The molecule has 1 atom stereocenters. The summed E-state index contributed by atoms with van der Waals surface area (Å²) in [4.78, 5) is 12.4. The number of unbranched alkanes of at least 4 members (excludes halogenated alkanes) is 2. The van der Waals surface area contributed by atoms with Gasteiger partial charge in [0.2, 0.25) is 0 Å². The molecular weight excluding hydrogens is 410 g/mol. The van der Waals surface area contributed by atoms with Gasteiger partial charge in [-0.1, -0.05) is 86.8 Å². The van der Waals surface area contributed by atoms with Gasteiger partial charge in [0.1, 0.15) is 12.4 Å². The molecule has 0 fully saturated rings. The van der Waals surface area contributed by atoms with Crippen LogP contribution in [0.5, 0.6) is 5.75 Å². The number of hydrogen-bond acceptors (Lipinski definition) is 3. The summed E-state index contributed by atoms with van der Waals surface area (Å²) in [5.74, 6) is 0.868. The molecule has 5 heteroatoms. The SMILES string of the molecule is CCCCCC(NCCc1ccc(OCc2ccccc2)cc1)NC(=O)Nc1ccccc1. The summed E-state index contributed by atoms with van der Waals surface area (Å²) in [6.45, 7) is 3.54. The summed E-state index contributed by atoms with van der Waals surface area (Å²) in [6.07, 6.45) is 5.11. The molecule has 2 amide bonds. The van der Waals surface area contributed by atoms with Crippen molar-refractivity contribution in [1.82, 2.24) is 10.6 Å². The van der Waals surface area contributed by atoms with Crippen molar-refractivity contribution in [3.63, 3.8) is 0 Å². The van der Waals surface area contributed by atoms with Crippen LogP contribution in [0.15, 0.2) is 84.9 Å². The van der Waals surface area contributed by atoms with Gasteiger partial charge in [-0.25, -0.2) is 4.79 Å². The second-order valence-corrected chi connectivity index (χ2v) is 8.14. The number of carbonyl (C=O) groups excluding carboxylic acids is 1. The highest BCUT2D eigenvalue weighted by Crippen LogP contribution is 2.15. The fraction of sp³-hybridized carbons (Fsp3) is 0.321. The summed E-state index contributed by atoms with van der Waals surface area (Å²) < 4.78 is 5.87. The van der Waals surface area contributed by atoms with Gasteiger partial charge in [-0.2, -0.15) is 0 Å².